The number of thiophene rings is 1. The summed E-state index contributed by atoms with van der Waals surface area (Å²) in [6.45, 7) is 0. The molecule has 0 aliphatic carbocycles. The van der Waals surface area contributed by atoms with Crippen molar-refractivity contribution in [2.45, 2.75) is 6.10 Å². The summed E-state index contributed by atoms with van der Waals surface area (Å²) in [7, 11) is 3.15. The minimum absolute atomic E-state index is 0.523. The Morgan fingerprint density at radius 3 is 2.04 bits per heavy atom. The first kappa shape index (κ1) is 18.1. The fourth-order valence-electron chi connectivity index (χ4n) is 2.68. The summed E-state index contributed by atoms with van der Waals surface area (Å²) >= 11 is 13.8. The number of hydrogen-bond donors (Lipinski definition) is 1. The molecule has 6 heteroatoms. The van der Waals surface area contributed by atoms with Gasteiger partial charge in [0.15, 0.2) is 0 Å². The van der Waals surface area contributed by atoms with Gasteiger partial charge in [-0.05, 0) is 52.9 Å². The Hall–Kier alpha value is -1.72. The van der Waals surface area contributed by atoms with E-state index in [0.29, 0.717) is 27.1 Å². The number of aliphatic hydroxyl groups excluding tert-OH is 1. The minimum atomic E-state index is -0.750. The van der Waals surface area contributed by atoms with Gasteiger partial charge in [0, 0.05) is 14.9 Å². The molecule has 3 rings (SSSR count). The molecule has 0 radical (unpaired) electrons. The van der Waals surface area contributed by atoms with Gasteiger partial charge < -0.3 is 14.6 Å². The zero-order valence-electron chi connectivity index (χ0n) is 13.6. The molecule has 1 aromatic heterocycles. The summed E-state index contributed by atoms with van der Waals surface area (Å²) < 4.78 is 11.1. The third-order valence-electron chi connectivity index (χ3n) is 3.81. The Labute approximate surface area is 160 Å². The van der Waals surface area contributed by atoms with Crippen LogP contribution >= 0.6 is 34.5 Å². The molecule has 0 amide bonds. The third kappa shape index (κ3) is 3.77. The molecular weight excluding hydrogens is 378 g/mol. The Morgan fingerprint density at radius 2 is 1.56 bits per heavy atom. The van der Waals surface area contributed by atoms with Gasteiger partial charge >= 0.3 is 0 Å². The number of rotatable bonds is 5. The Kier molecular flexibility index (Phi) is 5.54. The lowest BCUT2D eigenvalue weighted by atomic mass is 9.98. The first-order valence-corrected chi connectivity index (χ1v) is 9.11. The third-order valence-corrected chi connectivity index (χ3v) is 5.17. The van der Waals surface area contributed by atoms with Crippen LogP contribution in [0.5, 0.6) is 11.5 Å². The molecule has 0 spiro atoms. The zero-order valence-corrected chi connectivity index (χ0v) is 16.0. The predicted octanol–water partition coefficient (Wildman–Crippen LogP) is 5.82. The van der Waals surface area contributed by atoms with E-state index in [2.05, 4.69) is 0 Å². The fourth-order valence-corrected chi connectivity index (χ4v) is 3.95. The number of methoxy groups -OCH3 is 2. The molecule has 1 N–H and O–H groups in total. The first-order chi connectivity index (χ1) is 12.0. The van der Waals surface area contributed by atoms with E-state index in [9.17, 15) is 5.11 Å². The maximum absolute atomic E-state index is 10.6. The number of aliphatic hydroxyl groups is 1. The summed E-state index contributed by atoms with van der Waals surface area (Å²) in [5, 5.41) is 13.6. The van der Waals surface area contributed by atoms with Gasteiger partial charge in [0.1, 0.15) is 17.6 Å². The molecular formula is C19H16Cl2O3S. The second kappa shape index (κ2) is 7.67. The maximum atomic E-state index is 10.6. The molecule has 0 aliphatic heterocycles. The lowest BCUT2D eigenvalue weighted by Gasteiger charge is -2.18. The smallest absolute Gasteiger partial charge is 0.130 e. The summed E-state index contributed by atoms with van der Waals surface area (Å²) in [4.78, 5) is 0.850. The van der Waals surface area contributed by atoms with Crippen LogP contribution in [0.15, 0.2) is 47.8 Å². The zero-order chi connectivity index (χ0) is 18.0. The van der Waals surface area contributed by atoms with Crippen LogP contribution < -0.4 is 9.47 Å². The lowest BCUT2D eigenvalue weighted by molar-refractivity contribution is 0.223. The first-order valence-electron chi connectivity index (χ1n) is 7.47. The highest BCUT2D eigenvalue weighted by Crippen LogP contribution is 2.43. The van der Waals surface area contributed by atoms with Crippen molar-refractivity contribution in [2.24, 2.45) is 0 Å². The van der Waals surface area contributed by atoms with Gasteiger partial charge in [-0.15, -0.1) is 11.3 Å². The Balaban J connectivity index is 2.16. The highest BCUT2D eigenvalue weighted by atomic mass is 35.5. The molecule has 1 heterocycles. The van der Waals surface area contributed by atoms with Gasteiger partial charge in [0.2, 0.25) is 0 Å². The topological polar surface area (TPSA) is 38.7 Å². The van der Waals surface area contributed by atoms with Crippen molar-refractivity contribution in [3.8, 4) is 22.6 Å². The SMILES string of the molecule is COc1cc(C(O)c2cccs2)cc(O[11CH3])c1-c1cc(Cl)cc(Cl)c1. The monoisotopic (exact) mass is 393 g/mol. The Morgan fingerprint density at radius 1 is 0.960 bits per heavy atom. The second-order valence-corrected chi connectivity index (χ2v) is 7.23. The largest absolute Gasteiger partial charge is 0.496 e. The van der Waals surface area contributed by atoms with Crippen LogP contribution in [0, 0.1) is 0 Å². The van der Waals surface area contributed by atoms with Crippen LogP contribution in [0.4, 0.5) is 0 Å². The van der Waals surface area contributed by atoms with E-state index in [0.717, 1.165) is 16.0 Å². The molecule has 0 saturated heterocycles. The van der Waals surface area contributed by atoms with Crippen LogP contribution in [-0.4, -0.2) is 19.3 Å². The quantitative estimate of drug-likeness (QED) is 0.593. The average Bonchev–Trinajstić information content (AvgIpc) is 3.13. The van der Waals surface area contributed by atoms with Crippen molar-refractivity contribution in [3.05, 3.63) is 68.3 Å². The number of ether oxygens (including phenoxy) is 2. The molecule has 3 nitrogen and oxygen atoms in total. The van der Waals surface area contributed by atoms with Crippen LogP contribution in [-0.2, 0) is 0 Å². The average molecular weight is 394 g/mol. The molecule has 2 aromatic carbocycles. The highest BCUT2D eigenvalue weighted by molar-refractivity contribution is 7.10. The van der Waals surface area contributed by atoms with E-state index >= 15 is 0 Å². The van der Waals surface area contributed by atoms with Crippen LogP contribution in [0.2, 0.25) is 10.0 Å². The molecule has 25 heavy (non-hydrogen) atoms. The molecule has 0 fully saturated rings. The minimum Gasteiger partial charge on any atom is -0.496 e. The molecule has 1 atom stereocenters. The standard InChI is InChI=1S/C19H16Cl2O3S/c1-23-15-8-12(19(22)17-4-3-5-25-17)9-16(24-2)18(15)11-6-13(20)10-14(21)7-11/h3-10,19,22H,1-2H3/i1-1. The normalized spacial score (nSPS) is 12.0. The van der Waals surface area contributed by atoms with Crippen molar-refractivity contribution in [1.29, 1.82) is 0 Å². The predicted molar refractivity (Wildman–Crippen MR) is 103 cm³/mol. The van der Waals surface area contributed by atoms with Gasteiger partial charge in [-0.2, -0.15) is 0 Å². The summed E-state index contributed by atoms with van der Waals surface area (Å²) in [5.74, 6) is 1.14. The molecule has 1 unspecified atom stereocenters. The molecule has 3 aromatic rings. The van der Waals surface area contributed by atoms with Crippen LogP contribution in [0.1, 0.15) is 16.5 Å². The summed E-state index contributed by atoms with van der Waals surface area (Å²) in [5.41, 5.74) is 2.20. The number of halogens is 2. The van der Waals surface area contributed by atoms with Crippen molar-refractivity contribution in [2.75, 3.05) is 14.2 Å². The number of hydrogen-bond acceptors (Lipinski definition) is 4. The van der Waals surface area contributed by atoms with Gasteiger partial charge in [-0.25, -0.2) is 0 Å². The van der Waals surface area contributed by atoms with E-state index < -0.39 is 6.10 Å². The summed E-state index contributed by atoms with van der Waals surface area (Å²) in [6, 6.07) is 12.7. The van der Waals surface area contributed by atoms with Gasteiger partial charge in [0.25, 0.3) is 0 Å². The van der Waals surface area contributed by atoms with Crippen molar-refractivity contribution in [3.63, 3.8) is 0 Å². The number of benzene rings is 2. The van der Waals surface area contributed by atoms with E-state index in [-0.39, 0.29) is 0 Å². The summed E-state index contributed by atoms with van der Waals surface area (Å²) in [6.07, 6.45) is -0.750. The van der Waals surface area contributed by atoms with Crippen molar-refractivity contribution < 1.29 is 14.6 Å². The highest BCUT2D eigenvalue weighted by Gasteiger charge is 2.20. The van der Waals surface area contributed by atoms with E-state index in [1.165, 1.54) is 11.3 Å². The second-order valence-electron chi connectivity index (χ2n) is 5.38. The lowest BCUT2D eigenvalue weighted by Crippen LogP contribution is -2.01. The van der Waals surface area contributed by atoms with E-state index in [4.69, 9.17) is 32.7 Å². The van der Waals surface area contributed by atoms with Crippen LogP contribution in [0.3, 0.4) is 0 Å². The van der Waals surface area contributed by atoms with Gasteiger partial charge in [-0.1, -0.05) is 29.3 Å². The van der Waals surface area contributed by atoms with Crippen LogP contribution in [0.25, 0.3) is 11.1 Å². The maximum Gasteiger partial charge on any atom is 0.130 e. The van der Waals surface area contributed by atoms with E-state index in [1.807, 2.05) is 17.5 Å². The van der Waals surface area contributed by atoms with E-state index in [1.54, 1.807) is 44.6 Å². The van der Waals surface area contributed by atoms with Crippen molar-refractivity contribution >= 4 is 34.5 Å². The van der Waals surface area contributed by atoms with Gasteiger partial charge in [0.05, 0.1) is 19.8 Å². The van der Waals surface area contributed by atoms with Gasteiger partial charge in [-0.3, -0.25) is 0 Å². The Bertz CT molecular complexity index is 833. The van der Waals surface area contributed by atoms with Crippen molar-refractivity contribution in [1.82, 2.24) is 0 Å². The molecule has 0 saturated carbocycles. The molecule has 130 valence electrons. The molecule has 0 aliphatic rings. The fraction of sp³-hybridized carbons (Fsp3) is 0.158. The molecule has 0 bridgehead atoms.